The number of anilines is 1. The van der Waals surface area contributed by atoms with E-state index in [9.17, 15) is 36.2 Å². The standard InChI is InChI=1S/C21H20F6N2O2/c22-20(23,24)19(31,21(25,26)27)16-7-8-17-15(12-16)5-1-2-11-29(17)18(30)9-6-14-4-3-10-28-13-14/h3-4,7-8,10,12-13,31H,1-2,5-6,9,11H2. The Morgan fingerprint density at radius 2 is 1.77 bits per heavy atom. The molecule has 0 unspecified atom stereocenters. The summed E-state index contributed by atoms with van der Waals surface area (Å²) in [5.74, 6) is -0.290. The van der Waals surface area contributed by atoms with Gasteiger partial charge in [-0.25, -0.2) is 0 Å². The summed E-state index contributed by atoms with van der Waals surface area (Å²) in [4.78, 5) is 18.1. The summed E-state index contributed by atoms with van der Waals surface area (Å²) >= 11 is 0. The number of aryl methyl sites for hydroxylation is 2. The Balaban J connectivity index is 1.92. The Hall–Kier alpha value is -2.62. The molecule has 10 heteroatoms. The zero-order chi connectivity index (χ0) is 22.9. The largest absolute Gasteiger partial charge is 0.430 e. The van der Waals surface area contributed by atoms with Crippen molar-refractivity contribution in [2.24, 2.45) is 0 Å². The van der Waals surface area contributed by atoms with Crippen molar-refractivity contribution in [3.05, 3.63) is 59.4 Å². The second-order valence-corrected chi connectivity index (χ2v) is 7.41. The molecule has 1 amide bonds. The summed E-state index contributed by atoms with van der Waals surface area (Å²) < 4.78 is 79.4. The molecule has 168 valence electrons. The van der Waals surface area contributed by atoms with Gasteiger partial charge in [0.15, 0.2) is 0 Å². The highest BCUT2D eigenvalue weighted by Crippen LogP contribution is 2.50. The molecule has 0 saturated heterocycles. The van der Waals surface area contributed by atoms with Gasteiger partial charge in [-0.2, -0.15) is 26.3 Å². The first-order chi connectivity index (χ1) is 14.4. The number of carbonyl (C=O) groups is 1. The van der Waals surface area contributed by atoms with Crippen LogP contribution in [0.25, 0.3) is 0 Å². The second kappa shape index (κ2) is 8.49. The van der Waals surface area contributed by atoms with Crippen molar-refractivity contribution in [1.82, 2.24) is 4.98 Å². The first-order valence-corrected chi connectivity index (χ1v) is 9.63. The third-order valence-corrected chi connectivity index (χ3v) is 5.34. The van der Waals surface area contributed by atoms with Crippen LogP contribution in [0.15, 0.2) is 42.7 Å². The Bertz CT molecular complexity index is 914. The van der Waals surface area contributed by atoms with Gasteiger partial charge in [-0.1, -0.05) is 18.2 Å². The summed E-state index contributed by atoms with van der Waals surface area (Å²) in [5.41, 5.74) is -5.03. The number of pyridine rings is 1. The van der Waals surface area contributed by atoms with Crippen molar-refractivity contribution in [2.75, 3.05) is 11.4 Å². The average Bonchev–Trinajstić information content (AvgIpc) is 2.92. The van der Waals surface area contributed by atoms with Gasteiger partial charge >= 0.3 is 12.4 Å². The predicted molar refractivity (Wildman–Crippen MR) is 100 cm³/mol. The van der Waals surface area contributed by atoms with Crippen LogP contribution in [0.5, 0.6) is 0 Å². The van der Waals surface area contributed by atoms with Crippen LogP contribution in [0.2, 0.25) is 0 Å². The molecule has 4 nitrogen and oxygen atoms in total. The van der Waals surface area contributed by atoms with Crippen LogP contribution in [0.4, 0.5) is 32.0 Å². The smallest absolute Gasteiger partial charge is 0.369 e. The van der Waals surface area contributed by atoms with Crippen molar-refractivity contribution >= 4 is 11.6 Å². The van der Waals surface area contributed by atoms with E-state index in [0.29, 0.717) is 37.9 Å². The van der Waals surface area contributed by atoms with Gasteiger partial charge in [-0.05, 0) is 48.9 Å². The zero-order valence-corrected chi connectivity index (χ0v) is 16.3. The molecule has 3 rings (SSSR count). The topological polar surface area (TPSA) is 53.4 Å². The first kappa shape index (κ1) is 23.1. The Kier molecular flexibility index (Phi) is 6.31. The predicted octanol–water partition coefficient (Wildman–Crippen LogP) is 4.70. The van der Waals surface area contributed by atoms with Gasteiger partial charge in [-0.3, -0.25) is 9.78 Å². The fourth-order valence-corrected chi connectivity index (χ4v) is 3.66. The van der Waals surface area contributed by atoms with E-state index in [0.717, 1.165) is 11.6 Å². The molecule has 1 aromatic carbocycles. The van der Waals surface area contributed by atoms with E-state index >= 15 is 0 Å². The fraction of sp³-hybridized carbons (Fsp3) is 0.429. The van der Waals surface area contributed by atoms with Crippen LogP contribution in [-0.2, 0) is 23.2 Å². The number of rotatable bonds is 4. The molecular weight excluding hydrogens is 426 g/mol. The summed E-state index contributed by atoms with van der Waals surface area (Å²) in [6, 6.07) is 5.89. The van der Waals surface area contributed by atoms with Crippen LogP contribution in [0, 0.1) is 0 Å². The number of hydrogen-bond donors (Lipinski definition) is 1. The van der Waals surface area contributed by atoms with Gasteiger partial charge in [-0.15, -0.1) is 0 Å². The molecule has 0 fully saturated rings. The highest BCUT2D eigenvalue weighted by Gasteiger charge is 2.71. The van der Waals surface area contributed by atoms with Crippen LogP contribution in [0.3, 0.4) is 0 Å². The first-order valence-electron chi connectivity index (χ1n) is 9.63. The average molecular weight is 446 g/mol. The quantitative estimate of drug-likeness (QED) is 0.693. The summed E-state index contributed by atoms with van der Waals surface area (Å²) in [6.45, 7) is 0.307. The minimum Gasteiger partial charge on any atom is -0.369 e. The Labute approximate surface area is 174 Å². The van der Waals surface area contributed by atoms with E-state index in [1.165, 1.54) is 4.90 Å². The molecule has 0 radical (unpaired) electrons. The number of fused-ring (bicyclic) bond motifs is 1. The molecule has 0 bridgehead atoms. The highest BCUT2D eigenvalue weighted by molar-refractivity contribution is 5.94. The number of carbonyl (C=O) groups excluding carboxylic acids is 1. The number of nitrogens with zero attached hydrogens (tertiary/aromatic N) is 2. The molecule has 0 atom stereocenters. The molecule has 1 aliphatic heterocycles. The van der Waals surface area contributed by atoms with Crippen molar-refractivity contribution in [2.45, 2.75) is 50.1 Å². The number of hydrogen-bond acceptors (Lipinski definition) is 3. The molecule has 31 heavy (non-hydrogen) atoms. The summed E-state index contributed by atoms with van der Waals surface area (Å²) in [6.07, 6.45) is -6.96. The van der Waals surface area contributed by atoms with E-state index in [4.69, 9.17) is 0 Å². The van der Waals surface area contributed by atoms with E-state index in [-0.39, 0.29) is 30.0 Å². The van der Waals surface area contributed by atoms with E-state index < -0.39 is 23.5 Å². The minimum absolute atomic E-state index is 0.113. The molecule has 2 aromatic rings. The Morgan fingerprint density at radius 1 is 1.06 bits per heavy atom. The Morgan fingerprint density at radius 3 is 2.39 bits per heavy atom. The van der Waals surface area contributed by atoms with Crippen LogP contribution in [-0.4, -0.2) is 34.9 Å². The van der Waals surface area contributed by atoms with Crippen molar-refractivity contribution in [1.29, 1.82) is 0 Å². The zero-order valence-electron chi connectivity index (χ0n) is 16.3. The number of aliphatic hydroxyl groups is 1. The van der Waals surface area contributed by atoms with Gasteiger partial charge in [0.2, 0.25) is 5.91 Å². The van der Waals surface area contributed by atoms with E-state index in [1.807, 2.05) is 0 Å². The summed E-state index contributed by atoms with van der Waals surface area (Å²) in [5, 5.41) is 9.68. The maximum absolute atomic E-state index is 13.2. The lowest BCUT2D eigenvalue weighted by molar-refractivity contribution is -0.376. The number of aromatic nitrogens is 1. The lowest BCUT2D eigenvalue weighted by atomic mass is 9.89. The van der Waals surface area contributed by atoms with Gasteiger partial charge in [0.05, 0.1) is 0 Å². The van der Waals surface area contributed by atoms with Crippen molar-refractivity contribution in [3.8, 4) is 0 Å². The minimum atomic E-state index is -5.95. The number of alkyl halides is 6. The molecule has 1 N–H and O–H groups in total. The van der Waals surface area contributed by atoms with Crippen molar-refractivity contribution in [3.63, 3.8) is 0 Å². The number of halogens is 6. The molecule has 0 saturated carbocycles. The molecular formula is C21H20F6N2O2. The van der Waals surface area contributed by atoms with E-state index in [1.54, 1.807) is 24.5 Å². The lowest BCUT2D eigenvalue weighted by Crippen LogP contribution is -2.54. The maximum atomic E-state index is 13.2. The maximum Gasteiger partial charge on any atom is 0.430 e. The molecule has 0 spiro atoms. The van der Waals surface area contributed by atoms with Crippen molar-refractivity contribution < 1.29 is 36.2 Å². The van der Waals surface area contributed by atoms with Gasteiger partial charge < -0.3 is 10.0 Å². The third kappa shape index (κ3) is 4.53. The molecule has 0 aliphatic carbocycles. The molecule has 1 aromatic heterocycles. The number of amides is 1. The fourth-order valence-electron chi connectivity index (χ4n) is 3.66. The second-order valence-electron chi connectivity index (χ2n) is 7.41. The van der Waals surface area contributed by atoms with Crippen LogP contribution >= 0.6 is 0 Å². The molecule has 2 heterocycles. The SMILES string of the molecule is O=C(CCc1cccnc1)N1CCCCc2cc(C(O)(C(F)(F)F)C(F)(F)F)ccc21. The van der Waals surface area contributed by atoms with Crippen LogP contribution < -0.4 is 4.90 Å². The summed E-state index contributed by atoms with van der Waals surface area (Å²) in [7, 11) is 0. The highest BCUT2D eigenvalue weighted by atomic mass is 19.4. The third-order valence-electron chi connectivity index (χ3n) is 5.34. The van der Waals surface area contributed by atoms with Gasteiger partial charge in [0.25, 0.3) is 5.60 Å². The van der Waals surface area contributed by atoms with Gasteiger partial charge in [0, 0.05) is 36.6 Å². The number of benzene rings is 1. The lowest BCUT2D eigenvalue weighted by Gasteiger charge is -2.33. The van der Waals surface area contributed by atoms with Gasteiger partial charge in [0.1, 0.15) is 0 Å². The molecule has 1 aliphatic rings. The van der Waals surface area contributed by atoms with Crippen LogP contribution in [0.1, 0.15) is 36.0 Å². The monoisotopic (exact) mass is 446 g/mol. The van der Waals surface area contributed by atoms with E-state index in [2.05, 4.69) is 4.98 Å². The normalized spacial score (nSPS) is 15.4.